The summed E-state index contributed by atoms with van der Waals surface area (Å²) in [6.07, 6.45) is -1.29. The maximum absolute atomic E-state index is 12.1. The Morgan fingerprint density at radius 3 is 2.65 bits per heavy atom. The van der Waals surface area contributed by atoms with Crippen LogP contribution in [-0.4, -0.2) is 42.1 Å². The molecule has 2 bridgehead atoms. The number of hydrogen-bond donors (Lipinski definition) is 4. The van der Waals surface area contributed by atoms with Crippen molar-refractivity contribution in [3.63, 3.8) is 0 Å². The molecular weight excluding hydrogens is 342 g/mol. The van der Waals surface area contributed by atoms with Gasteiger partial charge in [-0.1, -0.05) is 24.3 Å². The molecule has 138 valence electrons. The molecule has 3 rings (SSSR count). The number of rotatable bonds is 6. The molecule has 10 heteroatoms. The number of hydrogen-bond acceptors (Lipinski definition) is 6. The van der Waals surface area contributed by atoms with Crippen LogP contribution in [0.2, 0.25) is 0 Å². The fourth-order valence-electron chi connectivity index (χ4n) is 2.91. The number of imide groups is 1. The Morgan fingerprint density at radius 1 is 1.27 bits per heavy atom. The number of amides is 3. The number of fused-ring (bicyclic) bond motifs is 2. The smallest absolute Gasteiger partial charge is 0.370 e. The summed E-state index contributed by atoms with van der Waals surface area (Å²) in [5.41, 5.74) is 6.92. The molecule has 10 nitrogen and oxygen atoms in total. The van der Waals surface area contributed by atoms with Crippen LogP contribution in [0.15, 0.2) is 24.3 Å². The summed E-state index contributed by atoms with van der Waals surface area (Å²) in [6.45, 7) is 0.606. The molecule has 1 aromatic carbocycles. The second-order valence-electron chi connectivity index (χ2n) is 5.88. The Kier molecular flexibility index (Phi) is 5.03. The summed E-state index contributed by atoms with van der Waals surface area (Å²) in [7, 11) is 0. The van der Waals surface area contributed by atoms with E-state index in [1.54, 1.807) is 0 Å². The zero-order chi connectivity index (χ0) is 18.7. The topological polar surface area (TPSA) is 147 Å². The summed E-state index contributed by atoms with van der Waals surface area (Å²) < 4.78 is 5.80. The fourth-order valence-corrected chi connectivity index (χ4v) is 2.91. The SMILES string of the molecule is N=C(N)NCCOC1c2cccc(c2)C1NC(=O)ON1C(=O)CCC1=O. The first-order valence-electron chi connectivity index (χ1n) is 8.09. The third-order valence-electron chi connectivity index (χ3n) is 4.07. The first-order chi connectivity index (χ1) is 12.5. The van der Waals surface area contributed by atoms with E-state index >= 15 is 0 Å². The van der Waals surface area contributed by atoms with Gasteiger partial charge in [0.05, 0.1) is 12.6 Å². The van der Waals surface area contributed by atoms with Gasteiger partial charge in [-0.2, -0.15) is 0 Å². The van der Waals surface area contributed by atoms with Gasteiger partial charge in [-0.15, -0.1) is 5.06 Å². The fraction of sp³-hybridized carbons (Fsp3) is 0.375. The van der Waals surface area contributed by atoms with Crippen LogP contribution in [-0.2, 0) is 19.2 Å². The maximum atomic E-state index is 12.1. The van der Waals surface area contributed by atoms with E-state index in [2.05, 4.69) is 10.6 Å². The minimum absolute atomic E-state index is 0.0329. The van der Waals surface area contributed by atoms with Gasteiger partial charge in [-0.25, -0.2) is 4.79 Å². The van der Waals surface area contributed by atoms with E-state index in [4.69, 9.17) is 20.7 Å². The molecular formula is C16H19N5O5. The molecule has 1 heterocycles. The van der Waals surface area contributed by atoms with Crippen molar-refractivity contribution in [2.24, 2.45) is 5.73 Å². The van der Waals surface area contributed by atoms with Crippen LogP contribution in [0.4, 0.5) is 4.79 Å². The van der Waals surface area contributed by atoms with Crippen LogP contribution in [0.5, 0.6) is 0 Å². The predicted octanol–water partition coefficient (Wildman–Crippen LogP) is 0.0723. The third kappa shape index (κ3) is 3.75. The number of nitrogens with two attached hydrogens (primary N) is 1. The van der Waals surface area contributed by atoms with Crippen molar-refractivity contribution in [3.05, 3.63) is 35.4 Å². The van der Waals surface area contributed by atoms with E-state index in [0.717, 1.165) is 11.1 Å². The second kappa shape index (κ2) is 7.40. The number of nitrogens with one attached hydrogen (secondary N) is 3. The first-order valence-corrected chi connectivity index (χ1v) is 8.09. The van der Waals surface area contributed by atoms with E-state index < -0.39 is 30.1 Å². The van der Waals surface area contributed by atoms with E-state index in [9.17, 15) is 14.4 Å². The van der Waals surface area contributed by atoms with Crippen molar-refractivity contribution in [2.75, 3.05) is 13.2 Å². The van der Waals surface area contributed by atoms with E-state index in [1.807, 2.05) is 24.3 Å². The van der Waals surface area contributed by atoms with Crippen molar-refractivity contribution in [1.29, 1.82) is 5.41 Å². The Hall–Kier alpha value is -3.14. The first kappa shape index (κ1) is 17.7. The highest BCUT2D eigenvalue weighted by atomic mass is 16.7. The number of carbonyl (C=O) groups is 3. The van der Waals surface area contributed by atoms with Crippen molar-refractivity contribution in [1.82, 2.24) is 15.7 Å². The monoisotopic (exact) mass is 361 g/mol. The van der Waals surface area contributed by atoms with Crippen molar-refractivity contribution in [2.45, 2.75) is 25.0 Å². The highest BCUT2D eigenvalue weighted by Gasteiger charge is 2.36. The van der Waals surface area contributed by atoms with Crippen LogP contribution in [0, 0.1) is 5.41 Å². The average molecular weight is 361 g/mol. The zero-order valence-corrected chi connectivity index (χ0v) is 13.9. The molecule has 1 aromatic rings. The normalized spacial score (nSPS) is 21.0. The Labute approximate surface area is 149 Å². The molecule has 1 fully saturated rings. The van der Waals surface area contributed by atoms with Gasteiger partial charge in [0.25, 0.3) is 11.8 Å². The summed E-state index contributed by atoms with van der Waals surface area (Å²) in [5, 5.41) is 12.9. The molecule has 1 aliphatic heterocycles. The van der Waals surface area contributed by atoms with Gasteiger partial charge in [0.15, 0.2) is 5.96 Å². The third-order valence-corrected chi connectivity index (χ3v) is 4.07. The number of hydroxylamine groups is 2. The molecule has 2 aliphatic rings. The molecule has 2 unspecified atom stereocenters. The van der Waals surface area contributed by atoms with Crippen molar-refractivity contribution >= 4 is 23.9 Å². The number of carbonyl (C=O) groups excluding carboxylic acids is 3. The van der Waals surface area contributed by atoms with Gasteiger partial charge in [0.2, 0.25) is 0 Å². The Balaban J connectivity index is 1.60. The average Bonchev–Trinajstić information content (AvgIpc) is 3.03. The Bertz CT molecular complexity index is 736. The summed E-state index contributed by atoms with van der Waals surface area (Å²) in [6, 6.07) is 6.91. The standard InChI is InChI=1S/C16H19N5O5/c17-15(18)19-6-7-25-14-10-3-1-2-9(8-10)13(14)20-16(24)26-21-11(22)4-5-12(21)23/h1-3,8,13-14H,4-7H2,(H,20,24)(H4,17,18,19). The lowest BCUT2D eigenvalue weighted by Crippen LogP contribution is -2.39. The van der Waals surface area contributed by atoms with Crippen LogP contribution in [0.3, 0.4) is 0 Å². The molecule has 0 saturated carbocycles. The van der Waals surface area contributed by atoms with Gasteiger partial charge >= 0.3 is 6.09 Å². The molecule has 1 saturated heterocycles. The molecule has 26 heavy (non-hydrogen) atoms. The summed E-state index contributed by atoms with van der Waals surface area (Å²) >= 11 is 0. The summed E-state index contributed by atoms with van der Waals surface area (Å²) in [5.74, 6) is -1.24. The van der Waals surface area contributed by atoms with E-state index in [1.165, 1.54) is 0 Å². The predicted molar refractivity (Wildman–Crippen MR) is 88.5 cm³/mol. The molecule has 2 atom stereocenters. The molecule has 3 amide bonds. The zero-order valence-electron chi connectivity index (χ0n) is 13.9. The minimum Gasteiger partial charge on any atom is -0.370 e. The van der Waals surface area contributed by atoms with E-state index in [0.29, 0.717) is 11.6 Å². The highest BCUT2D eigenvalue weighted by molar-refractivity contribution is 6.01. The largest absolute Gasteiger partial charge is 0.432 e. The lowest BCUT2D eigenvalue weighted by atomic mass is 10.1. The van der Waals surface area contributed by atoms with Gasteiger partial charge < -0.3 is 25.9 Å². The van der Waals surface area contributed by atoms with Gasteiger partial charge in [0, 0.05) is 19.4 Å². The number of benzene rings is 1. The molecule has 1 aliphatic carbocycles. The van der Waals surface area contributed by atoms with Crippen molar-refractivity contribution < 1.29 is 24.0 Å². The van der Waals surface area contributed by atoms with Gasteiger partial charge in [0.1, 0.15) is 6.10 Å². The van der Waals surface area contributed by atoms with Crippen LogP contribution in [0.1, 0.15) is 36.1 Å². The molecule has 0 spiro atoms. The second-order valence-corrected chi connectivity index (χ2v) is 5.88. The quantitative estimate of drug-likeness (QED) is 0.243. The van der Waals surface area contributed by atoms with Gasteiger partial charge in [-0.05, 0) is 11.1 Å². The van der Waals surface area contributed by atoms with Crippen LogP contribution in [0.25, 0.3) is 0 Å². The number of guanidine groups is 1. The maximum Gasteiger partial charge on any atom is 0.432 e. The lowest BCUT2D eigenvalue weighted by molar-refractivity contribution is -0.171. The number of nitrogens with zero attached hydrogens (tertiary/aromatic N) is 1. The Morgan fingerprint density at radius 2 is 1.96 bits per heavy atom. The van der Waals surface area contributed by atoms with Gasteiger partial charge in [-0.3, -0.25) is 15.0 Å². The lowest BCUT2D eigenvalue weighted by Gasteiger charge is -2.23. The molecule has 0 aromatic heterocycles. The van der Waals surface area contributed by atoms with E-state index in [-0.39, 0.29) is 25.4 Å². The minimum atomic E-state index is -0.906. The van der Waals surface area contributed by atoms with Crippen LogP contribution >= 0.6 is 0 Å². The van der Waals surface area contributed by atoms with Crippen molar-refractivity contribution in [3.8, 4) is 0 Å². The number of ether oxygens (including phenoxy) is 1. The summed E-state index contributed by atoms with van der Waals surface area (Å²) in [4.78, 5) is 40.1. The molecule has 5 N–H and O–H groups in total. The van der Waals surface area contributed by atoms with Crippen LogP contribution < -0.4 is 16.4 Å². The molecule has 0 radical (unpaired) electrons. The highest BCUT2D eigenvalue weighted by Crippen LogP contribution is 2.39.